The summed E-state index contributed by atoms with van der Waals surface area (Å²) in [5.74, 6) is -1.39. The van der Waals surface area contributed by atoms with Gasteiger partial charge in [-0.25, -0.2) is 8.42 Å². The lowest BCUT2D eigenvalue weighted by Crippen LogP contribution is -2.34. The molecule has 0 bridgehead atoms. The van der Waals surface area contributed by atoms with Crippen molar-refractivity contribution in [3.63, 3.8) is 0 Å². The average molecular weight is 473 g/mol. The molecule has 2 N–H and O–H groups in total. The first-order valence-corrected chi connectivity index (χ1v) is 11.3. The third-order valence-corrected chi connectivity index (χ3v) is 6.38. The highest BCUT2D eigenvalue weighted by molar-refractivity contribution is 7.89. The second-order valence-corrected chi connectivity index (χ2v) is 9.03. The summed E-state index contributed by atoms with van der Waals surface area (Å²) in [6.45, 7) is 2.71. The zero-order chi connectivity index (χ0) is 22.3. The first-order valence-electron chi connectivity index (χ1n) is 9.11. The van der Waals surface area contributed by atoms with Crippen molar-refractivity contribution in [3.05, 3.63) is 63.6 Å². The highest BCUT2D eigenvalue weighted by Gasteiger charge is 2.18. The number of carbonyl (C=O) groups is 2. The molecule has 0 radical (unpaired) electrons. The van der Waals surface area contributed by atoms with Crippen LogP contribution in [0.1, 0.15) is 31.0 Å². The number of hydrogen-bond acceptors (Lipinski definition) is 5. The Labute approximate surface area is 185 Å². The van der Waals surface area contributed by atoms with E-state index < -0.39 is 35.1 Å². The van der Waals surface area contributed by atoms with E-state index in [0.29, 0.717) is 0 Å². The minimum Gasteiger partial charge on any atom is -0.455 e. The van der Waals surface area contributed by atoms with E-state index in [2.05, 4.69) is 17.0 Å². The number of rotatable bonds is 9. The lowest BCUT2D eigenvalue weighted by Gasteiger charge is -2.15. The molecule has 30 heavy (non-hydrogen) atoms. The number of aryl methyl sites for hydroxylation is 1. The molecule has 0 aliphatic rings. The maximum absolute atomic E-state index is 12.2. The quantitative estimate of drug-likeness (QED) is 0.545. The topological polar surface area (TPSA) is 102 Å². The van der Waals surface area contributed by atoms with Crippen LogP contribution in [0.15, 0.2) is 47.4 Å². The highest BCUT2D eigenvalue weighted by Crippen LogP contribution is 2.24. The molecule has 2 aromatic rings. The maximum Gasteiger partial charge on any atom is 0.321 e. The van der Waals surface area contributed by atoms with Gasteiger partial charge in [-0.15, -0.1) is 0 Å². The van der Waals surface area contributed by atoms with Crippen molar-refractivity contribution < 1.29 is 22.7 Å². The first-order chi connectivity index (χ1) is 14.1. The number of nitrogens with one attached hydrogen (secondary N) is 2. The standard InChI is InChI=1S/C20H22Cl2N2O5S/c1-3-14-4-6-15(7-5-14)13(2)24-19(25)12-29-20(26)11-23-30(27,28)16-8-9-17(21)18(22)10-16/h4-10,13,23H,3,11-12H2,1-2H3,(H,24,25). The van der Waals surface area contributed by atoms with Gasteiger partial charge in [0.05, 0.1) is 21.0 Å². The Morgan fingerprint density at radius 3 is 2.33 bits per heavy atom. The summed E-state index contributed by atoms with van der Waals surface area (Å²) < 4.78 is 31.3. The Kier molecular flexibility index (Phi) is 8.66. The van der Waals surface area contributed by atoms with E-state index in [9.17, 15) is 18.0 Å². The molecule has 0 saturated carbocycles. The van der Waals surface area contributed by atoms with Crippen molar-refractivity contribution in [1.29, 1.82) is 0 Å². The zero-order valence-electron chi connectivity index (χ0n) is 16.4. The number of sulfonamides is 1. The predicted octanol–water partition coefficient (Wildman–Crippen LogP) is 3.25. The molecule has 0 fully saturated rings. The van der Waals surface area contributed by atoms with Crippen molar-refractivity contribution >= 4 is 45.1 Å². The van der Waals surface area contributed by atoms with Gasteiger partial charge < -0.3 is 10.1 Å². The molecule has 0 aliphatic heterocycles. The summed E-state index contributed by atoms with van der Waals surface area (Å²) >= 11 is 11.6. The van der Waals surface area contributed by atoms with Gasteiger partial charge in [0, 0.05) is 0 Å². The van der Waals surface area contributed by atoms with Crippen LogP contribution in [-0.4, -0.2) is 33.4 Å². The van der Waals surface area contributed by atoms with Crippen molar-refractivity contribution in [2.45, 2.75) is 31.2 Å². The predicted molar refractivity (Wildman–Crippen MR) is 115 cm³/mol. The number of amides is 1. The van der Waals surface area contributed by atoms with E-state index in [0.717, 1.165) is 12.0 Å². The molecule has 0 heterocycles. The second-order valence-electron chi connectivity index (χ2n) is 6.45. The summed E-state index contributed by atoms with van der Waals surface area (Å²) in [7, 11) is -3.99. The molecule has 0 aromatic heterocycles. The number of esters is 1. The fraction of sp³-hybridized carbons (Fsp3) is 0.300. The van der Waals surface area contributed by atoms with Gasteiger partial charge >= 0.3 is 5.97 Å². The molecule has 1 amide bonds. The number of benzene rings is 2. The SMILES string of the molecule is CCc1ccc(C(C)NC(=O)COC(=O)CNS(=O)(=O)c2ccc(Cl)c(Cl)c2)cc1. The van der Waals surface area contributed by atoms with E-state index in [-0.39, 0.29) is 21.0 Å². The molecular formula is C20H22Cl2N2O5S. The molecule has 2 rings (SSSR count). The molecule has 1 atom stereocenters. The van der Waals surface area contributed by atoms with Crippen molar-refractivity contribution in [2.24, 2.45) is 0 Å². The van der Waals surface area contributed by atoms with E-state index in [1.54, 1.807) is 0 Å². The summed E-state index contributed by atoms with van der Waals surface area (Å²) in [4.78, 5) is 23.6. The van der Waals surface area contributed by atoms with E-state index in [4.69, 9.17) is 27.9 Å². The van der Waals surface area contributed by atoms with Gasteiger partial charge in [-0.3, -0.25) is 9.59 Å². The second kappa shape index (κ2) is 10.8. The number of carbonyl (C=O) groups excluding carboxylic acids is 2. The Morgan fingerprint density at radius 1 is 1.07 bits per heavy atom. The number of ether oxygens (including phenoxy) is 1. The monoisotopic (exact) mass is 472 g/mol. The van der Waals surface area contributed by atoms with Gasteiger partial charge in [-0.05, 0) is 42.7 Å². The molecule has 0 saturated heterocycles. The third-order valence-electron chi connectivity index (χ3n) is 4.24. The van der Waals surface area contributed by atoms with Crippen molar-refractivity contribution in [3.8, 4) is 0 Å². The minimum atomic E-state index is -3.99. The molecule has 0 spiro atoms. The van der Waals surface area contributed by atoms with Crippen LogP contribution in [0.5, 0.6) is 0 Å². The maximum atomic E-state index is 12.2. The largest absolute Gasteiger partial charge is 0.455 e. The first kappa shape index (κ1) is 24.1. The van der Waals surface area contributed by atoms with Crippen LogP contribution in [0.25, 0.3) is 0 Å². The van der Waals surface area contributed by atoms with E-state index in [1.165, 1.54) is 23.8 Å². The van der Waals surface area contributed by atoms with E-state index >= 15 is 0 Å². The fourth-order valence-electron chi connectivity index (χ4n) is 2.49. The summed E-state index contributed by atoms with van der Waals surface area (Å²) in [5, 5.41) is 2.99. The Bertz CT molecular complexity index is 1010. The van der Waals surface area contributed by atoms with Crippen LogP contribution in [0.3, 0.4) is 0 Å². The molecule has 7 nitrogen and oxygen atoms in total. The molecule has 2 aromatic carbocycles. The van der Waals surface area contributed by atoms with Gasteiger partial charge in [-0.1, -0.05) is 54.4 Å². The summed E-state index contributed by atoms with van der Waals surface area (Å²) in [6.07, 6.45) is 0.922. The van der Waals surface area contributed by atoms with Gasteiger partial charge in [0.25, 0.3) is 5.91 Å². The van der Waals surface area contributed by atoms with Crippen molar-refractivity contribution in [1.82, 2.24) is 10.0 Å². The van der Waals surface area contributed by atoms with E-state index in [1.807, 2.05) is 31.2 Å². The molecule has 1 unspecified atom stereocenters. The van der Waals surface area contributed by atoms with Crippen LogP contribution in [0, 0.1) is 0 Å². The normalized spacial score (nSPS) is 12.3. The zero-order valence-corrected chi connectivity index (χ0v) is 18.8. The van der Waals surface area contributed by atoms with Crippen molar-refractivity contribution in [2.75, 3.05) is 13.2 Å². The average Bonchev–Trinajstić information content (AvgIpc) is 2.72. The highest BCUT2D eigenvalue weighted by atomic mass is 35.5. The molecule has 162 valence electrons. The van der Waals surface area contributed by atoms with Crippen LogP contribution in [-0.2, 0) is 30.8 Å². The van der Waals surface area contributed by atoms with Crippen LogP contribution < -0.4 is 10.0 Å². The van der Waals surface area contributed by atoms with Crippen LogP contribution >= 0.6 is 23.2 Å². The van der Waals surface area contributed by atoms with Gasteiger partial charge in [-0.2, -0.15) is 4.72 Å². The van der Waals surface area contributed by atoms with Gasteiger partial charge in [0.2, 0.25) is 10.0 Å². The van der Waals surface area contributed by atoms with Crippen LogP contribution in [0.2, 0.25) is 10.0 Å². The van der Waals surface area contributed by atoms with Gasteiger partial charge in [0.1, 0.15) is 6.54 Å². The lowest BCUT2D eigenvalue weighted by atomic mass is 10.1. The molecular weight excluding hydrogens is 451 g/mol. The van der Waals surface area contributed by atoms with Crippen LogP contribution in [0.4, 0.5) is 0 Å². The molecule has 0 aliphatic carbocycles. The minimum absolute atomic E-state index is 0.0669. The fourth-order valence-corrected chi connectivity index (χ4v) is 3.84. The Hall–Kier alpha value is -2.13. The summed E-state index contributed by atoms with van der Waals surface area (Å²) in [6, 6.07) is 11.3. The third kappa shape index (κ3) is 6.98. The van der Waals surface area contributed by atoms with Gasteiger partial charge in [0.15, 0.2) is 6.61 Å². The molecule has 10 heteroatoms. The summed E-state index contributed by atoms with van der Waals surface area (Å²) in [5.41, 5.74) is 2.11. The number of halogens is 2. The Morgan fingerprint density at radius 2 is 1.73 bits per heavy atom. The Balaban J connectivity index is 1.80. The smallest absolute Gasteiger partial charge is 0.321 e. The number of hydrogen-bond donors (Lipinski definition) is 2. The lowest BCUT2D eigenvalue weighted by molar-refractivity contribution is -0.147.